The fraction of sp³-hybridized carbons (Fsp3) is 0.385. The van der Waals surface area contributed by atoms with Crippen LogP contribution in [0.1, 0.15) is 29.8 Å². The number of hydrogen-bond donors (Lipinski definition) is 1. The summed E-state index contributed by atoms with van der Waals surface area (Å²) in [6.07, 6.45) is 0. The highest BCUT2D eigenvalue weighted by Gasteiger charge is 2.17. The second-order valence-electron chi connectivity index (χ2n) is 4.14. The van der Waals surface area contributed by atoms with Gasteiger partial charge in [0.15, 0.2) is 0 Å². The maximum absolute atomic E-state index is 11.8. The Hall–Kier alpha value is -1.84. The third kappa shape index (κ3) is 3.31. The van der Waals surface area contributed by atoms with Gasteiger partial charge in [0.25, 0.3) is 5.91 Å². The molecule has 1 aromatic carbocycles. The number of hydrogen-bond acceptors (Lipinski definition) is 3. The molecule has 0 spiro atoms. The molecule has 0 radical (unpaired) electrons. The number of rotatable bonds is 4. The van der Waals surface area contributed by atoms with Crippen LogP contribution in [0, 0.1) is 6.92 Å². The molecule has 1 N–H and O–H groups in total. The second kappa shape index (κ2) is 5.48. The molecular weight excluding hydrogens is 218 g/mol. The molecule has 0 aromatic heterocycles. The summed E-state index contributed by atoms with van der Waals surface area (Å²) < 4.78 is 5.09. The highest BCUT2D eigenvalue weighted by atomic mass is 16.5. The fourth-order valence-corrected chi connectivity index (χ4v) is 1.48. The van der Waals surface area contributed by atoms with Gasteiger partial charge in [0, 0.05) is 11.6 Å². The molecule has 17 heavy (non-hydrogen) atoms. The first-order valence-electron chi connectivity index (χ1n) is 5.45. The van der Waals surface area contributed by atoms with Crippen molar-refractivity contribution in [2.75, 3.05) is 7.11 Å². The fourth-order valence-electron chi connectivity index (χ4n) is 1.48. The SMILES string of the molecule is COc1ccc(C(=O)C(=O)NC(C)C)cc1C. The van der Waals surface area contributed by atoms with Crippen molar-refractivity contribution in [2.45, 2.75) is 26.8 Å². The quantitative estimate of drug-likeness (QED) is 0.638. The number of carbonyl (C=O) groups excluding carboxylic acids is 2. The maximum Gasteiger partial charge on any atom is 0.292 e. The minimum atomic E-state index is -0.579. The van der Waals surface area contributed by atoms with E-state index in [9.17, 15) is 9.59 Å². The molecule has 0 saturated heterocycles. The lowest BCUT2D eigenvalue weighted by atomic mass is 10.1. The molecule has 0 aliphatic rings. The monoisotopic (exact) mass is 235 g/mol. The largest absolute Gasteiger partial charge is 0.496 e. The minimum absolute atomic E-state index is 0.0502. The number of Topliss-reactive ketones (excluding diaryl/α,β-unsaturated/α-hetero) is 1. The molecular formula is C13H17NO3. The van der Waals surface area contributed by atoms with Gasteiger partial charge in [0.1, 0.15) is 5.75 Å². The zero-order valence-corrected chi connectivity index (χ0v) is 10.5. The third-order valence-electron chi connectivity index (χ3n) is 2.28. The second-order valence-corrected chi connectivity index (χ2v) is 4.14. The molecule has 4 heteroatoms. The topological polar surface area (TPSA) is 55.4 Å². The van der Waals surface area contributed by atoms with Crippen LogP contribution in [-0.2, 0) is 4.79 Å². The number of ketones is 1. The summed E-state index contributed by atoms with van der Waals surface area (Å²) in [5, 5.41) is 2.57. The van der Waals surface area contributed by atoms with Gasteiger partial charge in [0.2, 0.25) is 5.78 Å². The highest BCUT2D eigenvalue weighted by molar-refractivity contribution is 6.42. The van der Waals surface area contributed by atoms with Crippen molar-refractivity contribution in [1.29, 1.82) is 0 Å². The summed E-state index contributed by atoms with van der Waals surface area (Å²) >= 11 is 0. The van der Waals surface area contributed by atoms with E-state index in [1.54, 1.807) is 25.3 Å². The Bertz CT molecular complexity index is 438. The lowest BCUT2D eigenvalue weighted by Gasteiger charge is -2.09. The molecule has 0 heterocycles. The normalized spacial score (nSPS) is 10.2. The first kappa shape index (κ1) is 13.2. The van der Waals surface area contributed by atoms with Gasteiger partial charge in [-0.05, 0) is 44.5 Å². The van der Waals surface area contributed by atoms with Crippen LogP contribution in [0.3, 0.4) is 0 Å². The van der Waals surface area contributed by atoms with E-state index < -0.39 is 11.7 Å². The summed E-state index contributed by atoms with van der Waals surface area (Å²) in [5.74, 6) is -0.403. The van der Waals surface area contributed by atoms with Crippen molar-refractivity contribution < 1.29 is 14.3 Å². The molecule has 0 unspecified atom stereocenters. The molecule has 0 fully saturated rings. The van der Waals surface area contributed by atoms with Crippen molar-refractivity contribution in [2.24, 2.45) is 0 Å². The molecule has 0 saturated carbocycles. The molecule has 0 aliphatic heterocycles. The first-order chi connectivity index (χ1) is 7.95. The predicted molar refractivity (Wildman–Crippen MR) is 65.3 cm³/mol. The van der Waals surface area contributed by atoms with Crippen LogP contribution in [0.15, 0.2) is 18.2 Å². The molecule has 92 valence electrons. The Morgan fingerprint density at radius 3 is 2.41 bits per heavy atom. The average Bonchev–Trinajstić information content (AvgIpc) is 2.27. The lowest BCUT2D eigenvalue weighted by Crippen LogP contribution is -2.35. The molecule has 0 aliphatic carbocycles. The van der Waals surface area contributed by atoms with Gasteiger partial charge in [0.05, 0.1) is 7.11 Å². The molecule has 0 atom stereocenters. The van der Waals surface area contributed by atoms with Crippen molar-refractivity contribution in [1.82, 2.24) is 5.32 Å². The van der Waals surface area contributed by atoms with Crippen molar-refractivity contribution in [3.8, 4) is 5.75 Å². The Balaban J connectivity index is 2.90. The molecule has 1 aromatic rings. The zero-order chi connectivity index (χ0) is 13.0. The zero-order valence-electron chi connectivity index (χ0n) is 10.5. The summed E-state index contributed by atoms with van der Waals surface area (Å²) in [6, 6.07) is 4.88. The molecule has 1 rings (SSSR count). The highest BCUT2D eigenvalue weighted by Crippen LogP contribution is 2.18. The van der Waals surface area contributed by atoms with Gasteiger partial charge in [-0.3, -0.25) is 9.59 Å². The van der Waals surface area contributed by atoms with Gasteiger partial charge in [-0.1, -0.05) is 0 Å². The van der Waals surface area contributed by atoms with Gasteiger partial charge < -0.3 is 10.1 Å². The van der Waals surface area contributed by atoms with Crippen LogP contribution in [0.5, 0.6) is 5.75 Å². The van der Waals surface area contributed by atoms with Crippen molar-refractivity contribution in [3.63, 3.8) is 0 Å². The van der Waals surface area contributed by atoms with Crippen LogP contribution in [0.2, 0.25) is 0 Å². The van der Waals surface area contributed by atoms with E-state index in [1.807, 2.05) is 20.8 Å². The predicted octanol–water partition coefficient (Wildman–Crippen LogP) is 1.71. The van der Waals surface area contributed by atoms with Crippen LogP contribution in [0.4, 0.5) is 0 Å². The average molecular weight is 235 g/mol. The molecule has 4 nitrogen and oxygen atoms in total. The first-order valence-corrected chi connectivity index (χ1v) is 5.45. The summed E-state index contributed by atoms with van der Waals surface area (Å²) in [5.41, 5.74) is 1.21. The van der Waals surface area contributed by atoms with E-state index in [1.165, 1.54) is 0 Å². The van der Waals surface area contributed by atoms with Crippen molar-refractivity contribution in [3.05, 3.63) is 29.3 Å². The van der Waals surface area contributed by atoms with Gasteiger partial charge >= 0.3 is 0 Å². The van der Waals surface area contributed by atoms with Crippen LogP contribution in [-0.4, -0.2) is 24.8 Å². The van der Waals surface area contributed by atoms with E-state index in [4.69, 9.17) is 4.74 Å². The van der Waals surface area contributed by atoms with Crippen molar-refractivity contribution >= 4 is 11.7 Å². The number of amides is 1. The van der Waals surface area contributed by atoms with Crippen LogP contribution in [0.25, 0.3) is 0 Å². The van der Waals surface area contributed by atoms with Crippen LogP contribution < -0.4 is 10.1 Å². The Morgan fingerprint density at radius 2 is 1.94 bits per heavy atom. The number of ether oxygens (including phenoxy) is 1. The standard InChI is InChI=1S/C13H17NO3/c1-8(2)14-13(16)12(15)10-5-6-11(17-4)9(3)7-10/h5-8H,1-4H3,(H,14,16). The Morgan fingerprint density at radius 1 is 1.29 bits per heavy atom. The number of benzene rings is 1. The number of nitrogens with one attached hydrogen (secondary N) is 1. The van der Waals surface area contributed by atoms with E-state index in [0.717, 1.165) is 5.56 Å². The summed E-state index contributed by atoms with van der Waals surface area (Å²) in [6.45, 7) is 5.45. The Labute approximate surface area is 101 Å². The molecule has 1 amide bonds. The van der Waals surface area contributed by atoms with Gasteiger partial charge in [-0.25, -0.2) is 0 Å². The summed E-state index contributed by atoms with van der Waals surface area (Å²) in [4.78, 5) is 23.3. The van der Waals surface area contributed by atoms with E-state index in [2.05, 4.69) is 5.32 Å². The third-order valence-corrected chi connectivity index (χ3v) is 2.28. The number of carbonyl (C=O) groups is 2. The van der Waals surface area contributed by atoms with E-state index in [0.29, 0.717) is 11.3 Å². The minimum Gasteiger partial charge on any atom is -0.496 e. The smallest absolute Gasteiger partial charge is 0.292 e. The van der Waals surface area contributed by atoms with E-state index >= 15 is 0 Å². The summed E-state index contributed by atoms with van der Waals surface area (Å²) in [7, 11) is 1.56. The van der Waals surface area contributed by atoms with Gasteiger partial charge in [-0.2, -0.15) is 0 Å². The maximum atomic E-state index is 11.8. The number of methoxy groups -OCH3 is 1. The lowest BCUT2D eigenvalue weighted by molar-refractivity contribution is -0.117. The Kier molecular flexibility index (Phi) is 4.26. The van der Waals surface area contributed by atoms with Crippen LogP contribution >= 0.6 is 0 Å². The molecule has 0 bridgehead atoms. The van der Waals surface area contributed by atoms with Gasteiger partial charge in [-0.15, -0.1) is 0 Å². The number of aryl methyl sites for hydroxylation is 1. The van der Waals surface area contributed by atoms with E-state index in [-0.39, 0.29) is 6.04 Å².